The lowest BCUT2D eigenvalue weighted by Crippen LogP contribution is -2.23. The second-order valence-corrected chi connectivity index (χ2v) is 6.95. The van der Waals surface area contributed by atoms with E-state index in [0.717, 1.165) is 42.2 Å². The van der Waals surface area contributed by atoms with Gasteiger partial charge in [0.2, 0.25) is 0 Å². The third-order valence-corrected chi connectivity index (χ3v) is 5.28. The smallest absolute Gasteiger partial charge is 0.261 e. The number of nitrogens with one attached hydrogen (secondary N) is 1. The Morgan fingerprint density at radius 3 is 2.81 bits per heavy atom. The molecular formula is C19H21F2N3O2. The molecule has 1 aliphatic rings. The molecule has 3 aromatic rings. The normalized spacial score (nSPS) is 21.0. The van der Waals surface area contributed by atoms with Crippen LogP contribution in [0.15, 0.2) is 35.5 Å². The summed E-state index contributed by atoms with van der Waals surface area (Å²) in [5.41, 5.74) is 1.66. The van der Waals surface area contributed by atoms with Gasteiger partial charge in [-0.15, -0.1) is 0 Å². The number of fused-ring (bicyclic) bond motifs is 3. The van der Waals surface area contributed by atoms with Crippen molar-refractivity contribution in [3.63, 3.8) is 0 Å². The van der Waals surface area contributed by atoms with Crippen molar-refractivity contribution in [2.45, 2.75) is 38.2 Å². The number of nitrogens with zero attached hydrogens (tertiary/aromatic N) is 2. The molecule has 0 unspecified atom stereocenters. The van der Waals surface area contributed by atoms with Crippen molar-refractivity contribution >= 4 is 21.9 Å². The highest BCUT2D eigenvalue weighted by atomic mass is 19.3. The van der Waals surface area contributed by atoms with Gasteiger partial charge in [-0.1, -0.05) is 0 Å². The number of alkyl halides is 2. The van der Waals surface area contributed by atoms with Crippen LogP contribution in [0.5, 0.6) is 0 Å². The van der Waals surface area contributed by atoms with Crippen LogP contribution in [0.3, 0.4) is 0 Å². The Kier molecular flexibility index (Phi) is 4.72. The first-order chi connectivity index (χ1) is 12.6. The highest BCUT2D eigenvalue weighted by Gasteiger charge is 2.24. The third kappa shape index (κ3) is 3.23. The molecule has 1 saturated carbocycles. The van der Waals surface area contributed by atoms with Gasteiger partial charge < -0.3 is 14.3 Å². The zero-order valence-corrected chi connectivity index (χ0v) is 14.3. The molecule has 0 spiro atoms. The van der Waals surface area contributed by atoms with E-state index >= 15 is 0 Å². The molecule has 0 amide bonds. The van der Waals surface area contributed by atoms with E-state index < -0.39 is 13.0 Å². The summed E-state index contributed by atoms with van der Waals surface area (Å²) in [5, 5.41) is 1.57. The lowest BCUT2D eigenvalue weighted by atomic mass is 9.86. The number of ether oxygens (including phenoxy) is 1. The van der Waals surface area contributed by atoms with Crippen molar-refractivity contribution in [2.75, 3.05) is 13.2 Å². The predicted molar refractivity (Wildman–Crippen MR) is 95.7 cm³/mol. The lowest BCUT2D eigenvalue weighted by molar-refractivity contribution is -0.00248. The minimum Gasteiger partial charge on any atom is -0.375 e. The molecule has 0 saturated heterocycles. The van der Waals surface area contributed by atoms with Gasteiger partial charge in [0.15, 0.2) is 5.43 Å². The van der Waals surface area contributed by atoms with E-state index in [1.165, 1.54) is 0 Å². The zero-order chi connectivity index (χ0) is 18.1. The van der Waals surface area contributed by atoms with Gasteiger partial charge in [-0.2, -0.15) is 0 Å². The summed E-state index contributed by atoms with van der Waals surface area (Å²) in [6.07, 6.45) is 6.68. The summed E-state index contributed by atoms with van der Waals surface area (Å²) < 4.78 is 31.7. The van der Waals surface area contributed by atoms with Crippen LogP contribution >= 0.6 is 0 Å². The largest absolute Gasteiger partial charge is 0.375 e. The SMILES string of the molecule is O=c1ccn([C@H]2CC[C@H](COCC(F)F)CC2)c2c1cnc1[nH]ccc12. The number of pyridine rings is 2. The molecule has 5 nitrogen and oxygen atoms in total. The Balaban J connectivity index is 1.57. The second kappa shape index (κ2) is 7.15. The summed E-state index contributed by atoms with van der Waals surface area (Å²) in [6.45, 7) is -0.0866. The molecule has 0 atom stereocenters. The Labute approximate surface area is 149 Å². The molecule has 1 fully saturated rings. The maximum absolute atomic E-state index is 12.3. The van der Waals surface area contributed by atoms with Crippen LogP contribution < -0.4 is 5.43 Å². The summed E-state index contributed by atoms with van der Waals surface area (Å²) in [5.74, 6) is 0.324. The first-order valence-electron chi connectivity index (χ1n) is 8.96. The Bertz CT molecular complexity index is 958. The molecule has 1 N–H and O–H groups in total. The van der Waals surface area contributed by atoms with Crippen LogP contribution in [-0.2, 0) is 4.74 Å². The van der Waals surface area contributed by atoms with Crippen LogP contribution in [0.4, 0.5) is 8.78 Å². The Morgan fingerprint density at radius 2 is 2.04 bits per heavy atom. The Morgan fingerprint density at radius 1 is 1.23 bits per heavy atom. The molecule has 3 aromatic heterocycles. The second-order valence-electron chi connectivity index (χ2n) is 6.95. The zero-order valence-electron chi connectivity index (χ0n) is 14.3. The summed E-state index contributed by atoms with van der Waals surface area (Å²) in [4.78, 5) is 19.7. The first-order valence-corrected chi connectivity index (χ1v) is 8.96. The van der Waals surface area contributed by atoms with Gasteiger partial charge in [0.1, 0.15) is 12.3 Å². The van der Waals surface area contributed by atoms with E-state index in [1.807, 2.05) is 18.5 Å². The average molecular weight is 361 g/mol. The average Bonchev–Trinajstić information content (AvgIpc) is 3.11. The summed E-state index contributed by atoms with van der Waals surface area (Å²) in [6, 6.07) is 3.83. The van der Waals surface area contributed by atoms with Gasteiger partial charge in [0.05, 0.1) is 10.9 Å². The standard InChI is InChI=1S/C19H21F2N3O2/c20-17(21)11-26-10-12-1-3-13(4-2-12)24-8-6-16(25)15-9-23-19-14(18(15)24)5-7-22-19/h5-9,12-13,17H,1-4,10-11H2,(H,22,23)/t12-,13-. The molecule has 4 rings (SSSR count). The highest BCUT2D eigenvalue weighted by molar-refractivity contribution is 6.02. The first kappa shape index (κ1) is 17.1. The number of aromatic amines is 1. The van der Waals surface area contributed by atoms with Crippen molar-refractivity contribution in [3.8, 4) is 0 Å². The molecule has 7 heteroatoms. The number of H-pyrrole nitrogens is 1. The predicted octanol–water partition coefficient (Wildman–Crippen LogP) is 3.89. The maximum Gasteiger partial charge on any atom is 0.261 e. The number of hydrogen-bond donors (Lipinski definition) is 1. The van der Waals surface area contributed by atoms with Crippen LogP contribution in [0, 0.1) is 5.92 Å². The van der Waals surface area contributed by atoms with Gasteiger partial charge in [0.25, 0.3) is 6.43 Å². The highest BCUT2D eigenvalue weighted by Crippen LogP contribution is 2.35. The molecule has 26 heavy (non-hydrogen) atoms. The van der Waals surface area contributed by atoms with Crippen LogP contribution in [0.2, 0.25) is 0 Å². The molecule has 0 radical (unpaired) electrons. The van der Waals surface area contributed by atoms with E-state index in [0.29, 0.717) is 17.9 Å². The van der Waals surface area contributed by atoms with Crippen molar-refractivity contribution in [1.82, 2.24) is 14.5 Å². The van der Waals surface area contributed by atoms with Gasteiger partial charge >= 0.3 is 0 Å². The van der Waals surface area contributed by atoms with Crippen LogP contribution in [0.25, 0.3) is 21.9 Å². The fourth-order valence-corrected chi connectivity index (χ4v) is 3.98. The topological polar surface area (TPSA) is 59.9 Å². The minimum atomic E-state index is -2.41. The van der Waals surface area contributed by atoms with Crippen molar-refractivity contribution < 1.29 is 13.5 Å². The van der Waals surface area contributed by atoms with Crippen molar-refractivity contribution in [2.24, 2.45) is 5.92 Å². The molecule has 138 valence electrons. The van der Waals surface area contributed by atoms with E-state index in [9.17, 15) is 13.6 Å². The molecule has 0 aromatic carbocycles. The summed E-state index contributed by atoms with van der Waals surface area (Å²) >= 11 is 0. The van der Waals surface area contributed by atoms with E-state index in [4.69, 9.17) is 4.74 Å². The van der Waals surface area contributed by atoms with Crippen molar-refractivity contribution in [1.29, 1.82) is 0 Å². The fourth-order valence-electron chi connectivity index (χ4n) is 3.98. The van der Waals surface area contributed by atoms with Gasteiger partial charge in [-0.25, -0.2) is 13.8 Å². The molecule has 0 bridgehead atoms. The molecular weight excluding hydrogens is 340 g/mol. The van der Waals surface area contributed by atoms with Crippen molar-refractivity contribution in [3.05, 3.63) is 40.9 Å². The Hall–Kier alpha value is -2.28. The monoisotopic (exact) mass is 361 g/mol. The number of rotatable bonds is 5. The van der Waals surface area contributed by atoms with E-state index in [2.05, 4.69) is 14.5 Å². The quantitative estimate of drug-likeness (QED) is 0.750. The lowest BCUT2D eigenvalue weighted by Gasteiger charge is -2.31. The van der Waals surface area contributed by atoms with Gasteiger partial charge in [0, 0.05) is 42.7 Å². The minimum absolute atomic E-state index is 0.0269. The van der Waals surface area contributed by atoms with Crippen LogP contribution in [-0.4, -0.2) is 34.2 Å². The number of aromatic nitrogens is 3. The molecule has 0 aliphatic heterocycles. The van der Waals surface area contributed by atoms with E-state index in [1.54, 1.807) is 12.3 Å². The maximum atomic E-state index is 12.3. The molecule has 3 heterocycles. The number of hydrogen-bond acceptors (Lipinski definition) is 3. The molecule has 1 aliphatic carbocycles. The number of halogens is 2. The third-order valence-electron chi connectivity index (χ3n) is 5.28. The van der Waals surface area contributed by atoms with E-state index in [-0.39, 0.29) is 11.5 Å². The van der Waals surface area contributed by atoms with Crippen LogP contribution in [0.1, 0.15) is 31.7 Å². The van der Waals surface area contributed by atoms with Gasteiger partial charge in [-0.3, -0.25) is 4.79 Å². The summed E-state index contributed by atoms with van der Waals surface area (Å²) in [7, 11) is 0. The van der Waals surface area contributed by atoms with Gasteiger partial charge in [-0.05, 0) is 37.7 Å². The fraction of sp³-hybridized carbons (Fsp3) is 0.474.